The van der Waals surface area contributed by atoms with Gasteiger partial charge in [0.25, 0.3) is 5.91 Å². The minimum atomic E-state index is 0. The fourth-order valence-electron chi connectivity index (χ4n) is 2.92. The lowest BCUT2D eigenvalue weighted by molar-refractivity contribution is 0.0827. The molecule has 0 saturated carbocycles. The highest BCUT2D eigenvalue weighted by Crippen LogP contribution is 2.18. The maximum Gasteiger partial charge on any atom is 0.253 e. The molecule has 2 aromatic carbocycles. The molecule has 0 aliphatic rings. The summed E-state index contributed by atoms with van der Waals surface area (Å²) in [6.07, 6.45) is 1.61. The third-order valence-electron chi connectivity index (χ3n) is 4.51. The van der Waals surface area contributed by atoms with Crippen molar-refractivity contribution in [3.05, 3.63) is 59.7 Å². The molecule has 0 radical (unpaired) electrons. The SMILES string of the molecule is CCNC(=NCCCOc1cccc(OC)c1)NCCc1cccc(C(=O)N(C)C)c1.I. The molecule has 8 heteroatoms. The number of aliphatic imine (C=N–C) groups is 1. The van der Waals surface area contributed by atoms with Gasteiger partial charge in [0, 0.05) is 51.8 Å². The monoisotopic (exact) mass is 554 g/mol. The number of halogens is 1. The molecule has 32 heavy (non-hydrogen) atoms. The van der Waals surface area contributed by atoms with Crippen LogP contribution < -0.4 is 20.1 Å². The summed E-state index contributed by atoms with van der Waals surface area (Å²) in [5.41, 5.74) is 1.82. The van der Waals surface area contributed by atoms with E-state index >= 15 is 0 Å². The first-order chi connectivity index (χ1) is 15.0. The minimum Gasteiger partial charge on any atom is -0.497 e. The van der Waals surface area contributed by atoms with Crippen LogP contribution in [-0.2, 0) is 6.42 Å². The van der Waals surface area contributed by atoms with Gasteiger partial charge >= 0.3 is 0 Å². The molecule has 0 bridgehead atoms. The molecule has 2 rings (SSSR count). The largest absolute Gasteiger partial charge is 0.497 e. The first kappa shape index (κ1) is 27.5. The van der Waals surface area contributed by atoms with Crippen molar-refractivity contribution in [3.63, 3.8) is 0 Å². The number of nitrogens with zero attached hydrogens (tertiary/aromatic N) is 2. The van der Waals surface area contributed by atoms with Crippen LogP contribution in [0.25, 0.3) is 0 Å². The molecule has 176 valence electrons. The predicted molar refractivity (Wildman–Crippen MR) is 141 cm³/mol. The zero-order chi connectivity index (χ0) is 22.5. The second-order valence-electron chi connectivity index (χ2n) is 7.22. The van der Waals surface area contributed by atoms with Crippen molar-refractivity contribution < 1.29 is 14.3 Å². The second-order valence-corrected chi connectivity index (χ2v) is 7.22. The minimum absolute atomic E-state index is 0. The first-order valence-corrected chi connectivity index (χ1v) is 10.6. The normalized spacial score (nSPS) is 10.7. The number of guanidine groups is 1. The Labute approximate surface area is 208 Å². The van der Waals surface area contributed by atoms with Crippen LogP contribution >= 0.6 is 24.0 Å². The van der Waals surface area contributed by atoms with Gasteiger partial charge in [-0.25, -0.2) is 0 Å². The van der Waals surface area contributed by atoms with Crippen LogP contribution in [0, 0.1) is 0 Å². The lowest BCUT2D eigenvalue weighted by Gasteiger charge is -2.13. The number of amides is 1. The van der Waals surface area contributed by atoms with Crippen molar-refractivity contribution in [1.82, 2.24) is 15.5 Å². The highest BCUT2D eigenvalue weighted by Gasteiger charge is 2.08. The van der Waals surface area contributed by atoms with E-state index in [2.05, 4.69) is 15.6 Å². The molecule has 0 spiro atoms. The van der Waals surface area contributed by atoms with Crippen LogP contribution in [-0.4, -0.2) is 64.2 Å². The lowest BCUT2D eigenvalue weighted by atomic mass is 10.1. The zero-order valence-corrected chi connectivity index (χ0v) is 21.7. The Hall–Kier alpha value is -2.49. The van der Waals surface area contributed by atoms with Crippen molar-refractivity contribution >= 4 is 35.8 Å². The second kappa shape index (κ2) is 15.3. The van der Waals surface area contributed by atoms with Crippen molar-refractivity contribution in [3.8, 4) is 11.5 Å². The molecule has 0 fully saturated rings. The van der Waals surface area contributed by atoms with Crippen LogP contribution in [0.3, 0.4) is 0 Å². The summed E-state index contributed by atoms with van der Waals surface area (Å²) in [5, 5.41) is 6.61. The molecule has 2 aromatic rings. The summed E-state index contributed by atoms with van der Waals surface area (Å²) in [7, 11) is 5.16. The molecule has 0 aliphatic carbocycles. The molecule has 0 unspecified atom stereocenters. The van der Waals surface area contributed by atoms with Crippen LogP contribution in [0.4, 0.5) is 0 Å². The van der Waals surface area contributed by atoms with Gasteiger partial charge in [0.1, 0.15) is 11.5 Å². The molecule has 0 aliphatic heterocycles. The molecule has 7 nitrogen and oxygen atoms in total. The quantitative estimate of drug-likeness (QED) is 0.192. The summed E-state index contributed by atoms with van der Waals surface area (Å²) in [6.45, 7) is 4.80. The summed E-state index contributed by atoms with van der Waals surface area (Å²) < 4.78 is 11.0. The van der Waals surface area contributed by atoms with E-state index in [1.165, 1.54) is 0 Å². The molecule has 1 amide bonds. The lowest BCUT2D eigenvalue weighted by Crippen LogP contribution is -2.38. The molecule has 2 N–H and O–H groups in total. The fraction of sp³-hybridized carbons (Fsp3) is 0.417. The number of hydrogen-bond donors (Lipinski definition) is 2. The van der Waals surface area contributed by atoms with E-state index in [0.29, 0.717) is 18.7 Å². The van der Waals surface area contributed by atoms with E-state index in [1.54, 1.807) is 26.1 Å². The Kier molecular flexibility index (Phi) is 13.2. The van der Waals surface area contributed by atoms with Gasteiger partial charge in [-0.15, -0.1) is 24.0 Å². The van der Waals surface area contributed by atoms with Gasteiger partial charge in [-0.3, -0.25) is 9.79 Å². The summed E-state index contributed by atoms with van der Waals surface area (Å²) in [6, 6.07) is 15.3. The first-order valence-electron chi connectivity index (χ1n) is 10.6. The highest BCUT2D eigenvalue weighted by atomic mass is 127. The fourth-order valence-corrected chi connectivity index (χ4v) is 2.92. The van der Waals surface area contributed by atoms with E-state index in [1.807, 2.05) is 55.5 Å². The summed E-state index contributed by atoms with van der Waals surface area (Å²) in [4.78, 5) is 18.3. The Morgan fingerprint density at radius 2 is 1.81 bits per heavy atom. The number of ether oxygens (including phenoxy) is 2. The Morgan fingerprint density at radius 1 is 1.06 bits per heavy atom. The van der Waals surface area contributed by atoms with Crippen LogP contribution in [0.15, 0.2) is 53.5 Å². The third kappa shape index (κ3) is 9.76. The number of methoxy groups -OCH3 is 1. The van der Waals surface area contributed by atoms with Crippen molar-refractivity contribution in [2.45, 2.75) is 19.8 Å². The Morgan fingerprint density at radius 3 is 2.53 bits per heavy atom. The molecular formula is C24H35IN4O3. The van der Waals surface area contributed by atoms with E-state index in [9.17, 15) is 4.79 Å². The van der Waals surface area contributed by atoms with Crippen LogP contribution in [0.1, 0.15) is 29.3 Å². The van der Waals surface area contributed by atoms with Gasteiger partial charge in [0.2, 0.25) is 0 Å². The average Bonchev–Trinajstić information content (AvgIpc) is 2.78. The summed E-state index contributed by atoms with van der Waals surface area (Å²) in [5.74, 6) is 2.37. The van der Waals surface area contributed by atoms with Gasteiger partial charge < -0.3 is 25.0 Å². The Balaban J connectivity index is 0.00000512. The summed E-state index contributed by atoms with van der Waals surface area (Å²) >= 11 is 0. The van der Waals surface area contributed by atoms with Crippen LogP contribution in [0.5, 0.6) is 11.5 Å². The van der Waals surface area contributed by atoms with Crippen molar-refractivity contribution in [2.75, 3.05) is 47.4 Å². The number of nitrogens with one attached hydrogen (secondary N) is 2. The molecule has 0 atom stereocenters. The highest BCUT2D eigenvalue weighted by molar-refractivity contribution is 14.0. The topological polar surface area (TPSA) is 75.2 Å². The van der Waals surface area contributed by atoms with Gasteiger partial charge in [-0.1, -0.05) is 18.2 Å². The van der Waals surface area contributed by atoms with E-state index in [-0.39, 0.29) is 29.9 Å². The van der Waals surface area contributed by atoms with Gasteiger partial charge in [0.05, 0.1) is 13.7 Å². The average molecular weight is 554 g/mol. The molecule has 0 saturated heterocycles. The zero-order valence-electron chi connectivity index (χ0n) is 19.4. The maximum absolute atomic E-state index is 12.1. The van der Waals surface area contributed by atoms with Gasteiger partial charge in [-0.2, -0.15) is 0 Å². The number of carbonyl (C=O) groups is 1. The molecule has 0 aromatic heterocycles. The number of rotatable bonds is 11. The number of carbonyl (C=O) groups excluding carboxylic acids is 1. The number of benzene rings is 2. The van der Waals surface area contributed by atoms with E-state index < -0.39 is 0 Å². The van der Waals surface area contributed by atoms with Crippen molar-refractivity contribution in [1.29, 1.82) is 0 Å². The van der Waals surface area contributed by atoms with Gasteiger partial charge in [-0.05, 0) is 43.2 Å². The van der Waals surface area contributed by atoms with Gasteiger partial charge in [0.15, 0.2) is 5.96 Å². The molecule has 0 heterocycles. The molecular weight excluding hydrogens is 519 g/mol. The standard InChI is InChI=1S/C24H34N4O3.HI/c1-5-25-24(26-14-8-16-31-22-12-7-11-21(18-22)30-4)27-15-13-19-9-6-10-20(17-19)23(29)28(2)3;/h6-7,9-12,17-18H,5,8,13-16H2,1-4H3,(H2,25,26,27);1H. The van der Waals surface area contributed by atoms with E-state index in [4.69, 9.17) is 9.47 Å². The predicted octanol–water partition coefficient (Wildman–Crippen LogP) is 3.58. The third-order valence-corrected chi connectivity index (χ3v) is 4.51. The number of hydrogen-bond acceptors (Lipinski definition) is 4. The smallest absolute Gasteiger partial charge is 0.253 e. The van der Waals surface area contributed by atoms with Crippen LogP contribution in [0.2, 0.25) is 0 Å². The van der Waals surface area contributed by atoms with E-state index in [0.717, 1.165) is 49.0 Å². The maximum atomic E-state index is 12.1. The van der Waals surface area contributed by atoms with Crippen molar-refractivity contribution in [2.24, 2.45) is 4.99 Å². The Bertz CT molecular complexity index is 859.